The molecule has 0 bridgehead atoms. The molecule has 2 nitrogen and oxygen atoms in total. The number of rotatable bonds is 6. The minimum atomic E-state index is -4.97. The van der Waals surface area contributed by atoms with E-state index in [0.29, 0.717) is 11.8 Å². The summed E-state index contributed by atoms with van der Waals surface area (Å²) in [6.45, 7) is 0.283. The van der Waals surface area contributed by atoms with Crippen molar-refractivity contribution >= 4 is 6.08 Å². The minimum absolute atomic E-state index is 0.0874. The molecule has 2 fully saturated rings. The van der Waals surface area contributed by atoms with Crippen LogP contribution >= 0.6 is 0 Å². The second kappa shape index (κ2) is 8.31. The van der Waals surface area contributed by atoms with Crippen molar-refractivity contribution in [2.24, 2.45) is 11.8 Å². The van der Waals surface area contributed by atoms with Gasteiger partial charge in [-0.15, -0.1) is 13.2 Å². The summed E-state index contributed by atoms with van der Waals surface area (Å²) in [5.41, 5.74) is 0.0874. The lowest BCUT2D eigenvalue weighted by atomic mass is 10.1. The SMILES string of the molecule is Fc1c(/C=C/C2CCCC2)ccc(OCC2CCCC2)c1OC(F)(F)F. The Morgan fingerprint density at radius 2 is 1.65 bits per heavy atom. The summed E-state index contributed by atoms with van der Waals surface area (Å²) >= 11 is 0. The van der Waals surface area contributed by atoms with E-state index in [1.807, 2.05) is 6.08 Å². The molecular formula is C20H24F4O2. The number of benzene rings is 1. The third kappa shape index (κ3) is 5.15. The second-order valence-electron chi connectivity index (χ2n) is 7.21. The van der Waals surface area contributed by atoms with Gasteiger partial charge < -0.3 is 9.47 Å². The molecular weight excluding hydrogens is 348 g/mol. The van der Waals surface area contributed by atoms with Crippen molar-refractivity contribution in [3.8, 4) is 11.5 Å². The van der Waals surface area contributed by atoms with E-state index in [-0.39, 0.29) is 17.9 Å². The van der Waals surface area contributed by atoms with Gasteiger partial charge in [0.15, 0.2) is 11.6 Å². The van der Waals surface area contributed by atoms with Crippen LogP contribution in [0.5, 0.6) is 11.5 Å². The van der Waals surface area contributed by atoms with E-state index in [1.165, 1.54) is 12.1 Å². The molecule has 2 aliphatic carbocycles. The maximum atomic E-state index is 14.7. The molecule has 2 aliphatic rings. The first-order chi connectivity index (χ1) is 12.4. The lowest BCUT2D eigenvalue weighted by molar-refractivity contribution is -0.276. The Kier molecular flexibility index (Phi) is 6.09. The van der Waals surface area contributed by atoms with Crippen molar-refractivity contribution < 1.29 is 27.0 Å². The Labute approximate surface area is 151 Å². The minimum Gasteiger partial charge on any atom is -0.489 e. The summed E-state index contributed by atoms with van der Waals surface area (Å²) in [5, 5.41) is 0. The van der Waals surface area contributed by atoms with Crippen molar-refractivity contribution in [1.29, 1.82) is 0 Å². The summed E-state index contributed by atoms with van der Waals surface area (Å²) in [6.07, 6.45) is 6.96. The van der Waals surface area contributed by atoms with Crippen LogP contribution in [0.1, 0.15) is 56.9 Å². The van der Waals surface area contributed by atoms with E-state index in [0.717, 1.165) is 51.4 Å². The van der Waals surface area contributed by atoms with Crippen LogP contribution < -0.4 is 9.47 Å². The molecule has 1 aromatic carbocycles. The summed E-state index contributed by atoms with van der Waals surface area (Å²) in [6, 6.07) is 2.82. The summed E-state index contributed by atoms with van der Waals surface area (Å²) in [7, 11) is 0. The van der Waals surface area contributed by atoms with E-state index in [9.17, 15) is 17.6 Å². The molecule has 0 heterocycles. The lowest BCUT2D eigenvalue weighted by Gasteiger charge is -2.17. The Bertz CT molecular complexity index is 627. The fourth-order valence-electron chi connectivity index (χ4n) is 3.78. The summed E-state index contributed by atoms with van der Waals surface area (Å²) in [5.74, 6) is -1.42. The van der Waals surface area contributed by atoms with Gasteiger partial charge in [-0.2, -0.15) is 0 Å². The van der Waals surface area contributed by atoms with E-state index >= 15 is 0 Å². The van der Waals surface area contributed by atoms with Crippen LogP contribution in [0.15, 0.2) is 18.2 Å². The van der Waals surface area contributed by atoms with Crippen molar-refractivity contribution in [2.75, 3.05) is 6.61 Å². The highest BCUT2D eigenvalue weighted by molar-refractivity contribution is 5.57. The molecule has 26 heavy (non-hydrogen) atoms. The molecule has 0 unspecified atom stereocenters. The molecule has 0 atom stereocenters. The first kappa shape index (κ1) is 19.1. The topological polar surface area (TPSA) is 18.5 Å². The molecule has 0 aliphatic heterocycles. The molecule has 2 saturated carbocycles. The molecule has 1 aromatic rings. The molecule has 0 radical (unpaired) electrons. The largest absolute Gasteiger partial charge is 0.573 e. The van der Waals surface area contributed by atoms with E-state index < -0.39 is 17.9 Å². The third-order valence-electron chi connectivity index (χ3n) is 5.21. The highest BCUT2D eigenvalue weighted by Crippen LogP contribution is 2.38. The number of hydrogen-bond donors (Lipinski definition) is 0. The normalized spacial score (nSPS) is 19.5. The lowest BCUT2D eigenvalue weighted by Crippen LogP contribution is -2.19. The van der Waals surface area contributed by atoms with E-state index in [4.69, 9.17) is 4.74 Å². The van der Waals surface area contributed by atoms with Crippen LogP contribution in [0.3, 0.4) is 0 Å². The molecule has 0 amide bonds. The van der Waals surface area contributed by atoms with Crippen molar-refractivity contribution in [2.45, 2.75) is 57.7 Å². The molecule has 0 saturated heterocycles. The number of alkyl halides is 3. The standard InChI is InChI=1S/C20H24F4O2/c21-18-16(10-9-14-5-1-2-6-14)11-12-17(19(18)26-20(22,23)24)25-13-15-7-3-4-8-15/h9-12,14-15H,1-8,13H2/b10-9+. The average molecular weight is 372 g/mol. The van der Waals surface area contributed by atoms with Crippen molar-refractivity contribution in [3.63, 3.8) is 0 Å². The first-order valence-electron chi connectivity index (χ1n) is 9.31. The Hall–Kier alpha value is -1.72. The van der Waals surface area contributed by atoms with Crippen LogP contribution in [0.2, 0.25) is 0 Å². The van der Waals surface area contributed by atoms with Gasteiger partial charge in [0.05, 0.1) is 6.61 Å². The van der Waals surface area contributed by atoms with Crippen LogP contribution in [-0.2, 0) is 0 Å². The molecule has 0 aromatic heterocycles. The van der Waals surface area contributed by atoms with E-state index in [1.54, 1.807) is 6.08 Å². The zero-order valence-corrected chi connectivity index (χ0v) is 14.7. The zero-order valence-electron chi connectivity index (χ0n) is 14.7. The quantitative estimate of drug-likeness (QED) is 0.531. The average Bonchev–Trinajstić information content (AvgIpc) is 3.26. The van der Waals surface area contributed by atoms with Crippen LogP contribution in [0, 0.1) is 17.7 Å². The van der Waals surface area contributed by atoms with E-state index in [2.05, 4.69) is 4.74 Å². The fourth-order valence-corrected chi connectivity index (χ4v) is 3.78. The maximum absolute atomic E-state index is 14.7. The van der Waals surface area contributed by atoms with Gasteiger partial charge in [0, 0.05) is 5.56 Å². The third-order valence-corrected chi connectivity index (χ3v) is 5.21. The number of halogens is 4. The second-order valence-corrected chi connectivity index (χ2v) is 7.21. The predicted molar refractivity (Wildman–Crippen MR) is 91.5 cm³/mol. The van der Waals surface area contributed by atoms with Gasteiger partial charge in [-0.3, -0.25) is 0 Å². The van der Waals surface area contributed by atoms with Gasteiger partial charge in [0.1, 0.15) is 0 Å². The molecule has 0 N–H and O–H groups in total. The predicted octanol–water partition coefficient (Wildman–Crippen LogP) is 6.50. The number of allylic oxidation sites excluding steroid dienone is 1. The van der Waals surface area contributed by atoms with Crippen molar-refractivity contribution in [1.82, 2.24) is 0 Å². The van der Waals surface area contributed by atoms with Gasteiger partial charge in [-0.1, -0.05) is 37.8 Å². The van der Waals surface area contributed by atoms with Gasteiger partial charge in [-0.25, -0.2) is 4.39 Å². The zero-order chi connectivity index (χ0) is 18.6. The smallest absolute Gasteiger partial charge is 0.489 e. The maximum Gasteiger partial charge on any atom is 0.573 e. The Balaban J connectivity index is 1.79. The molecule has 6 heteroatoms. The Morgan fingerprint density at radius 3 is 2.31 bits per heavy atom. The number of hydrogen-bond acceptors (Lipinski definition) is 2. The van der Waals surface area contributed by atoms with Gasteiger partial charge >= 0.3 is 6.36 Å². The van der Waals surface area contributed by atoms with Crippen LogP contribution in [0.4, 0.5) is 17.6 Å². The highest BCUT2D eigenvalue weighted by atomic mass is 19.4. The summed E-state index contributed by atoms with van der Waals surface area (Å²) in [4.78, 5) is 0. The Morgan fingerprint density at radius 1 is 1.00 bits per heavy atom. The van der Waals surface area contributed by atoms with Gasteiger partial charge in [0.2, 0.25) is 5.75 Å². The fraction of sp³-hybridized carbons (Fsp3) is 0.600. The molecule has 144 valence electrons. The summed E-state index contributed by atoms with van der Waals surface area (Å²) < 4.78 is 62.4. The first-order valence-corrected chi connectivity index (χ1v) is 9.31. The van der Waals surface area contributed by atoms with Crippen molar-refractivity contribution in [3.05, 3.63) is 29.6 Å². The van der Waals surface area contributed by atoms with Gasteiger partial charge in [0.25, 0.3) is 0 Å². The molecule has 3 rings (SSSR count). The van der Waals surface area contributed by atoms with Crippen LogP contribution in [-0.4, -0.2) is 13.0 Å². The number of ether oxygens (including phenoxy) is 2. The molecule has 0 spiro atoms. The highest BCUT2D eigenvalue weighted by Gasteiger charge is 2.35. The van der Waals surface area contributed by atoms with Gasteiger partial charge in [-0.05, 0) is 49.7 Å². The monoisotopic (exact) mass is 372 g/mol. The van der Waals surface area contributed by atoms with Crippen LogP contribution in [0.25, 0.3) is 6.08 Å².